The summed E-state index contributed by atoms with van der Waals surface area (Å²) >= 11 is 0. The standard InChI is InChI=1S/C13H18N2O4/c1-13(2,12(19)14-3)7-15-11(18)9-6-8(16)4-5-10(9)17/h4-6,16-17H,7H2,1-3H3,(H,14,19)(H,15,18). The van der Waals surface area contributed by atoms with E-state index in [1.807, 2.05) is 0 Å². The molecule has 6 heteroatoms. The summed E-state index contributed by atoms with van der Waals surface area (Å²) in [5, 5.41) is 23.9. The van der Waals surface area contributed by atoms with Crippen LogP contribution < -0.4 is 10.6 Å². The second-order valence-corrected chi connectivity index (χ2v) is 4.85. The number of amides is 2. The molecule has 19 heavy (non-hydrogen) atoms. The fraction of sp³-hybridized carbons (Fsp3) is 0.385. The minimum Gasteiger partial charge on any atom is -0.508 e. The first-order valence-corrected chi connectivity index (χ1v) is 5.80. The molecule has 2 amide bonds. The second-order valence-electron chi connectivity index (χ2n) is 4.85. The van der Waals surface area contributed by atoms with E-state index in [1.165, 1.54) is 19.2 Å². The summed E-state index contributed by atoms with van der Waals surface area (Å²) in [5.41, 5.74) is -0.802. The van der Waals surface area contributed by atoms with Crippen LogP contribution in [0, 0.1) is 5.41 Å². The summed E-state index contributed by atoms with van der Waals surface area (Å²) in [6.45, 7) is 3.49. The second kappa shape index (κ2) is 5.60. The molecule has 4 N–H and O–H groups in total. The number of hydrogen-bond acceptors (Lipinski definition) is 4. The number of hydrogen-bond donors (Lipinski definition) is 4. The molecule has 0 heterocycles. The van der Waals surface area contributed by atoms with Crippen LogP contribution in [0.2, 0.25) is 0 Å². The van der Waals surface area contributed by atoms with Crippen molar-refractivity contribution in [2.24, 2.45) is 5.41 Å². The van der Waals surface area contributed by atoms with Crippen LogP contribution in [0.4, 0.5) is 0 Å². The maximum Gasteiger partial charge on any atom is 0.255 e. The van der Waals surface area contributed by atoms with Gasteiger partial charge in [-0.3, -0.25) is 9.59 Å². The van der Waals surface area contributed by atoms with Crippen molar-refractivity contribution in [2.45, 2.75) is 13.8 Å². The highest BCUT2D eigenvalue weighted by atomic mass is 16.3. The van der Waals surface area contributed by atoms with E-state index in [1.54, 1.807) is 13.8 Å². The van der Waals surface area contributed by atoms with Crippen molar-refractivity contribution in [3.8, 4) is 11.5 Å². The zero-order valence-electron chi connectivity index (χ0n) is 11.2. The van der Waals surface area contributed by atoms with Gasteiger partial charge in [0.25, 0.3) is 5.91 Å². The Hall–Kier alpha value is -2.24. The molecule has 0 radical (unpaired) electrons. The number of nitrogens with one attached hydrogen (secondary N) is 2. The molecule has 1 aromatic rings. The van der Waals surface area contributed by atoms with Crippen molar-refractivity contribution in [1.29, 1.82) is 0 Å². The zero-order valence-corrected chi connectivity index (χ0v) is 11.2. The van der Waals surface area contributed by atoms with Crippen LogP contribution in [0.15, 0.2) is 18.2 Å². The SMILES string of the molecule is CNC(=O)C(C)(C)CNC(=O)c1cc(O)ccc1O. The van der Waals surface area contributed by atoms with Crippen molar-refractivity contribution in [2.75, 3.05) is 13.6 Å². The van der Waals surface area contributed by atoms with E-state index < -0.39 is 11.3 Å². The molecule has 0 aliphatic heterocycles. The van der Waals surface area contributed by atoms with E-state index in [0.717, 1.165) is 6.07 Å². The summed E-state index contributed by atoms with van der Waals surface area (Å²) < 4.78 is 0. The van der Waals surface area contributed by atoms with Gasteiger partial charge in [0.15, 0.2) is 0 Å². The van der Waals surface area contributed by atoms with Gasteiger partial charge in [-0.2, -0.15) is 0 Å². The first kappa shape index (κ1) is 14.8. The van der Waals surface area contributed by atoms with Gasteiger partial charge in [-0.25, -0.2) is 0 Å². The van der Waals surface area contributed by atoms with Gasteiger partial charge in [0.05, 0.1) is 11.0 Å². The number of phenols is 2. The fourth-order valence-electron chi connectivity index (χ4n) is 1.52. The number of aromatic hydroxyl groups is 2. The molecule has 0 bridgehead atoms. The molecular weight excluding hydrogens is 248 g/mol. The topological polar surface area (TPSA) is 98.7 Å². The normalized spacial score (nSPS) is 10.9. The smallest absolute Gasteiger partial charge is 0.255 e. The minimum atomic E-state index is -0.767. The van der Waals surface area contributed by atoms with Gasteiger partial charge < -0.3 is 20.8 Å². The molecule has 0 saturated carbocycles. The molecule has 104 valence electrons. The highest BCUT2D eigenvalue weighted by Crippen LogP contribution is 2.22. The lowest BCUT2D eigenvalue weighted by molar-refractivity contribution is -0.128. The lowest BCUT2D eigenvalue weighted by Crippen LogP contribution is -2.43. The third-order valence-electron chi connectivity index (χ3n) is 2.76. The van der Waals surface area contributed by atoms with Crippen LogP contribution in [0.25, 0.3) is 0 Å². The van der Waals surface area contributed by atoms with E-state index in [4.69, 9.17) is 0 Å². The first-order chi connectivity index (χ1) is 8.77. The Labute approximate surface area is 111 Å². The van der Waals surface area contributed by atoms with Crippen LogP contribution >= 0.6 is 0 Å². The van der Waals surface area contributed by atoms with Crippen molar-refractivity contribution in [1.82, 2.24) is 10.6 Å². The molecule has 6 nitrogen and oxygen atoms in total. The quantitative estimate of drug-likeness (QED) is 0.600. The molecule has 0 saturated heterocycles. The van der Waals surface area contributed by atoms with Crippen LogP contribution in [0.3, 0.4) is 0 Å². The predicted molar refractivity (Wildman–Crippen MR) is 70.0 cm³/mol. The maximum absolute atomic E-state index is 11.9. The molecular formula is C13H18N2O4. The third-order valence-corrected chi connectivity index (χ3v) is 2.76. The van der Waals surface area contributed by atoms with Gasteiger partial charge in [0, 0.05) is 13.6 Å². The highest BCUT2D eigenvalue weighted by molar-refractivity contribution is 5.97. The number of carbonyl (C=O) groups is 2. The van der Waals surface area contributed by atoms with Gasteiger partial charge >= 0.3 is 0 Å². The molecule has 0 aliphatic carbocycles. The Balaban J connectivity index is 2.76. The molecule has 0 fully saturated rings. The summed E-state index contributed by atoms with van der Waals surface area (Å²) in [7, 11) is 1.52. The zero-order chi connectivity index (χ0) is 14.6. The largest absolute Gasteiger partial charge is 0.508 e. The molecule has 0 aliphatic rings. The van der Waals surface area contributed by atoms with E-state index in [-0.39, 0.29) is 29.5 Å². The molecule has 1 rings (SSSR count). The average molecular weight is 266 g/mol. The average Bonchev–Trinajstić information content (AvgIpc) is 2.37. The minimum absolute atomic E-state index is 0.0345. The van der Waals surface area contributed by atoms with E-state index in [2.05, 4.69) is 10.6 Å². The van der Waals surface area contributed by atoms with E-state index in [0.29, 0.717) is 0 Å². The molecule has 0 unspecified atom stereocenters. The Bertz CT molecular complexity index is 497. The van der Waals surface area contributed by atoms with Crippen molar-refractivity contribution < 1.29 is 19.8 Å². The molecule has 1 aromatic carbocycles. The van der Waals surface area contributed by atoms with Crippen LogP contribution in [0.1, 0.15) is 24.2 Å². The summed E-state index contributed by atoms with van der Waals surface area (Å²) in [4.78, 5) is 23.4. The molecule has 0 aromatic heterocycles. The number of phenolic OH excluding ortho intramolecular Hbond substituents is 2. The van der Waals surface area contributed by atoms with E-state index in [9.17, 15) is 19.8 Å². The fourth-order valence-corrected chi connectivity index (χ4v) is 1.52. The molecule has 0 atom stereocenters. The van der Waals surface area contributed by atoms with Gasteiger partial charge in [-0.05, 0) is 32.0 Å². The van der Waals surface area contributed by atoms with Crippen molar-refractivity contribution in [3.63, 3.8) is 0 Å². The summed E-state index contributed by atoms with van der Waals surface area (Å²) in [5.74, 6) is -1.10. The lowest BCUT2D eigenvalue weighted by Gasteiger charge is -2.22. The Morgan fingerprint density at radius 2 is 1.89 bits per heavy atom. The van der Waals surface area contributed by atoms with Crippen LogP contribution in [-0.4, -0.2) is 35.6 Å². The number of carbonyl (C=O) groups excluding carboxylic acids is 2. The van der Waals surface area contributed by atoms with Gasteiger partial charge in [0.2, 0.25) is 5.91 Å². The first-order valence-electron chi connectivity index (χ1n) is 5.80. The van der Waals surface area contributed by atoms with Crippen LogP contribution in [0.5, 0.6) is 11.5 Å². The molecule has 0 spiro atoms. The lowest BCUT2D eigenvalue weighted by atomic mass is 9.92. The Kier molecular flexibility index (Phi) is 4.37. The van der Waals surface area contributed by atoms with Gasteiger partial charge in [-0.15, -0.1) is 0 Å². The van der Waals surface area contributed by atoms with E-state index >= 15 is 0 Å². The summed E-state index contributed by atoms with van der Waals surface area (Å²) in [6.07, 6.45) is 0. The van der Waals surface area contributed by atoms with Gasteiger partial charge in [0.1, 0.15) is 11.5 Å². The van der Waals surface area contributed by atoms with Crippen LogP contribution in [-0.2, 0) is 4.79 Å². The number of benzene rings is 1. The van der Waals surface area contributed by atoms with Gasteiger partial charge in [-0.1, -0.05) is 0 Å². The monoisotopic (exact) mass is 266 g/mol. The number of rotatable bonds is 4. The Morgan fingerprint density at radius 3 is 2.47 bits per heavy atom. The third kappa shape index (κ3) is 3.61. The maximum atomic E-state index is 11.9. The predicted octanol–water partition coefficient (Wildman–Crippen LogP) is 0.600. The van der Waals surface area contributed by atoms with Crippen molar-refractivity contribution in [3.05, 3.63) is 23.8 Å². The highest BCUT2D eigenvalue weighted by Gasteiger charge is 2.27. The summed E-state index contributed by atoms with van der Waals surface area (Å²) in [6, 6.07) is 3.67. The van der Waals surface area contributed by atoms with Crippen molar-refractivity contribution >= 4 is 11.8 Å². The Morgan fingerprint density at radius 1 is 1.26 bits per heavy atom.